The Morgan fingerprint density at radius 1 is 1.57 bits per heavy atom. The summed E-state index contributed by atoms with van der Waals surface area (Å²) in [5.41, 5.74) is 4.38. The molecule has 1 saturated heterocycles. The van der Waals surface area contributed by atoms with Crippen molar-refractivity contribution in [1.29, 1.82) is 0 Å². The van der Waals surface area contributed by atoms with E-state index in [2.05, 4.69) is 5.32 Å². The van der Waals surface area contributed by atoms with Gasteiger partial charge in [0.2, 0.25) is 5.91 Å². The number of aliphatic hydroxyl groups is 2. The molecule has 4 unspecified atom stereocenters. The van der Waals surface area contributed by atoms with Crippen molar-refractivity contribution in [3.8, 4) is 0 Å². The molecule has 0 bridgehead atoms. The summed E-state index contributed by atoms with van der Waals surface area (Å²) in [7, 11) is 0. The smallest absolute Gasteiger partial charge is 0.227 e. The minimum absolute atomic E-state index is 0.125. The van der Waals surface area contributed by atoms with Crippen molar-refractivity contribution < 1.29 is 15.0 Å². The predicted octanol–water partition coefficient (Wildman–Crippen LogP) is -1.21. The number of nitrogens with one attached hydrogen (secondary N) is 1. The largest absolute Gasteiger partial charge is 0.389 e. The molecule has 1 rings (SSSR count). The zero-order valence-corrected chi connectivity index (χ0v) is 8.69. The summed E-state index contributed by atoms with van der Waals surface area (Å²) in [4.78, 5) is 11.3. The monoisotopic (exact) mass is 202 g/mol. The molecule has 0 aromatic carbocycles. The van der Waals surface area contributed by atoms with Gasteiger partial charge in [0.15, 0.2) is 0 Å². The van der Waals surface area contributed by atoms with Gasteiger partial charge in [-0.3, -0.25) is 4.79 Å². The number of amides is 1. The van der Waals surface area contributed by atoms with Crippen LogP contribution in [-0.2, 0) is 4.79 Å². The van der Waals surface area contributed by atoms with Crippen molar-refractivity contribution in [3.05, 3.63) is 0 Å². The van der Waals surface area contributed by atoms with Crippen LogP contribution in [0.2, 0.25) is 0 Å². The number of carbonyl (C=O) groups excluding carboxylic acids is 1. The molecule has 0 spiro atoms. The third-order valence-electron chi connectivity index (χ3n) is 2.84. The van der Waals surface area contributed by atoms with E-state index in [-0.39, 0.29) is 11.8 Å². The molecule has 14 heavy (non-hydrogen) atoms. The number of nitrogens with two attached hydrogens (primary N) is 1. The Morgan fingerprint density at radius 2 is 2.07 bits per heavy atom. The molecule has 1 fully saturated rings. The van der Waals surface area contributed by atoms with Gasteiger partial charge in [0.1, 0.15) is 11.8 Å². The van der Waals surface area contributed by atoms with Gasteiger partial charge in [-0.05, 0) is 5.92 Å². The molecule has 5 heteroatoms. The second-order valence-electron chi connectivity index (χ2n) is 4.34. The molecule has 0 aromatic heterocycles. The summed E-state index contributed by atoms with van der Waals surface area (Å²) in [6, 6.07) is 0. The first-order chi connectivity index (χ1) is 6.30. The fraction of sp³-hybridized carbons (Fsp3) is 0.889. The molecule has 0 radical (unpaired) electrons. The number of hydrogen-bond acceptors (Lipinski definition) is 4. The second kappa shape index (κ2) is 3.49. The summed E-state index contributed by atoms with van der Waals surface area (Å²) in [6.07, 6.45) is -2.00. The Hall–Kier alpha value is -0.650. The van der Waals surface area contributed by atoms with Crippen LogP contribution in [0.3, 0.4) is 0 Å². The maximum absolute atomic E-state index is 11.3. The molecule has 1 aliphatic heterocycles. The fourth-order valence-corrected chi connectivity index (χ4v) is 1.76. The first-order valence-electron chi connectivity index (χ1n) is 4.77. The highest BCUT2D eigenvalue weighted by Crippen LogP contribution is 2.27. The summed E-state index contributed by atoms with van der Waals surface area (Å²) in [5, 5.41) is 22.0. The Balaban J connectivity index is 2.91. The van der Waals surface area contributed by atoms with Crippen molar-refractivity contribution in [1.82, 2.24) is 5.32 Å². The molecule has 1 aliphatic rings. The lowest BCUT2D eigenvalue weighted by molar-refractivity contribution is -0.123. The molecule has 1 amide bonds. The predicted molar refractivity (Wildman–Crippen MR) is 51.1 cm³/mol. The van der Waals surface area contributed by atoms with E-state index in [1.54, 1.807) is 20.8 Å². The van der Waals surface area contributed by atoms with Crippen LogP contribution in [0.15, 0.2) is 0 Å². The summed E-state index contributed by atoms with van der Waals surface area (Å²) in [6.45, 7) is 5.14. The van der Waals surface area contributed by atoms with E-state index in [9.17, 15) is 15.0 Å². The van der Waals surface area contributed by atoms with Crippen molar-refractivity contribution in [2.45, 2.75) is 38.6 Å². The lowest BCUT2D eigenvalue weighted by Gasteiger charge is -2.35. The third-order valence-corrected chi connectivity index (χ3v) is 2.84. The molecule has 5 N–H and O–H groups in total. The Labute approximate surface area is 83.3 Å². The van der Waals surface area contributed by atoms with Crippen LogP contribution >= 0.6 is 0 Å². The van der Waals surface area contributed by atoms with E-state index >= 15 is 0 Å². The van der Waals surface area contributed by atoms with Crippen LogP contribution in [-0.4, -0.2) is 34.0 Å². The highest BCUT2D eigenvalue weighted by molar-refractivity contribution is 5.83. The molecule has 82 valence electrons. The average molecular weight is 202 g/mol. The molecular weight excluding hydrogens is 184 g/mol. The minimum Gasteiger partial charge on any atom is -0.389 e. The van der Waals surface area contributed by atoms with Crippen molar-refractivity contribution >= 4 is 5.91 Å². The zero-order valence-electron chi connectivity index (χ0n) is 8.69. The fourth-order valence-electron chi connectivity index (χ4n) is 1.76. The van der Waals surface area contributed by atoms with Gasteiger partial charge in [0.05, 0.1) is 12.0 Å². The van der Waals surface area contributed by atoms with Crippen LogP contribution in [0.4, 0.5) is 0 Å². The molecule has 0 saturated carbocycles. The van der Waals surface area contributed by atoms with E-state index in [4.69, 9.17) is 5.73 Å². The second-order valence-corrected chi connectivity index (χ2v) is 4.34. The quantitative estimate of drug-likeness (QED) is 0.451. The summed E-state index contributed by atoms with van der Waals surface area (Å²) >= 11 is 0. The average Bonchev–Trinajstić information content (AvgIpc) is 2.30. The number of hydrogen-bond donors (Lipinski definition) is 4. The van der Waals surface area contributed by atoms with Gasteiger partial charge in [-0.15, -0.1) is 0 Å². The summed E-state index contributed by atoms with van der Waals surface area (Å²) in [5.74, 6) is -1.02. The van der Waals surface area contributed by atoms with Gasteiger partial charge in [-0.25, -0.2) is 0 Å². The van der Waals surface area contributed by atoms with Gasteiger partial charge in [0.25, 0.3) is 0 Å². The SMILES string of the molecule is CC(C)C(O)C1(N)NC(=O)C(C)C1O. The van der Waals surface area contributed by atoms with E-state index < -0.39 is 23.8 Å². The van der Waals surface area contributed by atoms with Gasteiger partial charge in [-0.2, -0.15) is 0 Å². The molecule has 0 aliphatic carbocycles. The zero-order chi connectivity index (χ0) is 11.1. The topological polar surface area (TPSA) is 95.6 Å². The van der Waals surface area contributed by atoms with Gasteiger partial charge < -0.3 is 21.3 Å². The highest BCUT2D eigenvalue weighted by atomic mass is 16.3. The maximum Gasteiger partial charge on any atom is 0.227 e. The number of carbonyl (C=O) groups is 1. The normalized spacial score (nSPS) is 40.1. The van der Waals surface area contributed by atoms with Crippen molar-refractivity contribution in [2.24, 2.45) is 17.6 Å². The Morgan fingerprint density at radius 3 is 2.36 bits per heavy atom. The van der Waals surface area contributed by atoms with Crippen LogP contribution in [0.5, 0.6) is 0 Å². The van der Waals surface area contributed by atoms with Crippen molar-refractivity contribution in [2.75, 3.05) is 0 Å². The first-order valence-corrected chi connectivity index (χ1v) is 4.77. The standard InChI is InChI=1S/C9H18N2O3/c1-4(2)6(12)9(10)7(13)5(3)8(14)11-9/h4-7,12-13H,10H2,1-3H3,(H,11,14). The molecule has 0 aromatic rings. The lowest BCUT2D eigenvalue weighted by Crippen LogP contribution is -2.66. The lowest BCUT2D eigenvalue weighted by atomic mass is 9.88. The molecule has 5 nitrogen and oxygen atoms in total. The third kappa shape index (κ3) is 1.51. The van der Waals surface area contributed by atoms with Gasteiger partial charge in [-0.1, -0.05) is 20.8 Å². The number of aliphatic hydroxyl groups excluding tert-OH is 2. The van der Waals surface area contributed by atoms with E-state index in [1.165, 1.54) is 0 Å². The van der Waals surface area contributed by atoms with Crippen molar-refractivity contribution in [3.63, 3.8) is 0 Å². The van der Waals surface area contributed by atoms with Gasteiger partial charge >= 0.3 is 0 Å². The minimum atomic E-state index is -1.41. The van der Waals surface area contributed by atoms with Crippen LogP contribution in [0.1, 0.15) is 20.8 Å². The van der Waals surface area contributed by atoms with Gasteiger partial charge in [0, 0.05) is 0 Å². The Kier molecular flexibility index (Phi) is 2.85. The van der Waals surface area contributed by atoms with Crippen LogP contribution in [0, 0.1) is 11.8 Å². The molecule has 4 atom stereocenters. The van der Waals surface area contributed by atoms with E-state index in [0.29, 0.717) is 0 Å². The summed E-state index contributed by atoms with van der Waals surface area (Å²) < 4.78 is 0. The van der Waals surface area contributed by atoms with Crippen LogP contribution < -0.4 is 11.1 Å². The van der Waals surface area contributed by atoms with Crippen LogP contribution in [0.25, 0.3) is 0 Å². The first kappa shape index (κ1) is 11.4. The Bertz CT molecular complexity index is 244. The van der Waals surface area contributed by atoms with E-state index in [1.807, 2.05) is 0 Å². The highest BCUT2D eigenvalue weighted by Gasteiger charge is 2.53. The number of rotatable bonds is 2. The molecular formula is C9H18N2O3. The molecule has 1 heterocycles. The van der Waals surface area contributed by atoms with E-state index in [0.717, 1.165) is 0 Å². The maximum atomic E-state index is 11.3.